The second-order valence-corrected chi connectivity index (χ2v) is 7.22. The summed E-state index contributed by atoms with van der Waals surface area (Å²) < 4.78 is 29.6. The molecular weight excluding hydrogens is 314 g/mol. The van der Waals surface area contributed by atoms with Crippen molar-refractivity contribution in [2.45, 2.75) is 18.7 Å². The quantitative estimate of drug-likeness (QED) is 0.913. The van der Waals surface area contributed by atoms with Crippen molar-refractivity contribution in [2.75, 3.05) is 18.2 Å². The number of aryl methyl sites for hydroxylation is 1. The second kappa shape index (κ2) is 6.83. The lowest BCUT2D eigenvalue weighted by Crippen LogP contribution is -2.23. The largest absolute Gasteiger partial charge is 0.497 e. The van der Waals surface area contributed by atoms with E-state index in [1.165, 1.54) is 19.2 Å². The molecule has 2 aromatic carbocycles. The van der Waals surface area contributed by atoms with E-state index in [2.05, 4.69) is 5.32 Å². The van der Waals surface area contributed by atoms with Crippen LogP contribution in [-0.4, -0.2) is 27.2 Å². The molecule has 23 heavy (non-hydrogen) atoms. The molecule has 0 aromatic heterocycles. The lowest BCUT2D eigenvalue weighted by atomic mass is 10.1. The van der Waals surface area contributed by atoms with Crippen molar-refractivity contribution in [3.63, 3.8) is 0 Å². The van der Waals surface area contributed by atoms with Crippen LogP contribution in [0.5, 0.6) is 5.75 Å². The highest BCUT2D eigenvalue weighted by atomic mass is 32.2. The summed E-state index contributed by atoms with van der Waals surface area (Å²) in [6.45, 7) is 3.81. The average Bonchev–Trinajstić information content (AvgIpc) is 2.51. The van der Waals surface area contributed by atoms with E-state index in [1.54, 1.807) is 18.2 Å². The summed E-state index contributed by atoms with van der Waals surface area (Å²) in [5.41, 5.74) is 2.57. The number of carbonyl (C=O) groups is 1. The van der Waals surface area contributed by atoms with Crippen LogP contribution < -0.4 is 10.1 Å². The maximum atomic E-state index is 12.3. The summed E-state index contributed by atoms with van der Waals surface area (Å²) in [7, 11) is -2.19. The van der Waals surface area contributed by atoms with E-state index in [0.29, 0.717) is 11.4 Å². The Balaban J connectivity index is 2.13. The van der Waals surface area contributed by atoms with Crippen LogP contribution in [0.15, 0.2) is 47.4 Å². The number of ether oxygens (including phenoxy) is 1. The van der Waals surface area contributed by atoms with Gasteiger partial charge in [-0.05, 0) is 55.3 Å². The number of rotatable bonds is 5. The van der Waals surface area contributed by atoms with Crippen LogP contribution in [0.25, 0.3) is 0 Å². The van der Waals surface area contributed by atoms with Gasteiger partial charge in [0.05, 0.1) is 12.0 Å². The van der Waals surface area contributed by atoms with Crippen LogP contribution in [0.2, 0.25) is 0 Å². The zero-order valence-electron chi connectivity index (χ0n) is 13.3. The summed E-state index contributed by atoms with van der Waals surface area (Å²) in [6.07, 6.45) is 0. The summed E-state index contributed by atoms with van der Waals surface area (Å²) in [4.78, 5) is 12.2. The van der Waals surface area contributed by atoms with E-state index in [4.69, 9.17) is 4.74 Å². The lowest BCUT2D eigenvalue weighted by molar-refractivity contribution is -0.113. The summed E-state index contributed by atoms with van der Waals surface area (Å²) in [5, 5.41) is 2.66. The van der Waals surface area contributed by atoms with E-state index >= 15 is 0 Å². The molecule has 0 aliphatic heterocycles. The summed E-state index contributed by atoms with van der Waals surface area (Å²) in [5.74, 6) is -0.606. The number of anilines is 1. The fourth-order valence-electron chi connectivity index (χ4n) is 2.11. The first kappa shape index (κ1) is 17.0. The SMILES string of the molecule is COc1ccc(S(=O)(=O)CC(=O)Nc2cccc(C)c2C)cc1. The van der Waals surface area contributed by atoms with Gasteiger partial charge in [0.2, 0.25) is 5.91 Å². The van der Waals surface area contributed by atoms with Gasteiger partial charge in [0.15, 0.2) is 9.84 Å². The van der Waals surface area contributed by atoms with E-state index in [0.717, 1.165) is 11.1 Å². The fourth-order valence-corrected chi connectivity index (χ4v) is 3.25. The zero-order valence-corrected chi connectivity index (χ0v) is 14.1. The lowest BCUT2D eigenvalue weighted by Gasteiger charge is -2.11. The van der Waals surface area contributed by atoms with Crippen molar-refractivity contribution in [1.29, 1.82) is 0 Å². The maximum Gasteiger partial charge on any atom is 0.239 e. The first-order chi connectivity index (χ1) is 10.8. The molecule has 0 aliphatic carbocycles. The molecule has 0 unspecified atom stereocenters. The van der Waals surface area contributed by atoms with Gasteiger partial charge < -0.3 is 10.1 Å². The van der Waals surface area contributed by atoms with Crippen LogP contribution in [0.3, 0.4) is 0 Å². The van der Waals surface area contributed by atoms with Gasteiger partial charge >= 0.3 is 0 Å². The molecule has 6 heteroatoms. The van der Waals surface area contributed by atoms with E-state index in [9.17, 15) is 13.2 Å². The Kier molecular flexibility index (Phi) is 5.05. The number of amides is 1. The van der Waals surface area contributed by atoms with Crippen molar-refractivity contribution in [3.8, 4) is 5.75 Å². The van der Waals surface area contributed by atoms with Gasteiger partial charge in [-0.1, -0.05) is 12.1 Å². The molecule has 2 aromatic rings. The number of nitrogens with one attached hydrogen (secondary N) is 1. The molecule has 0 atom stereocenters. The minimum absolute atomic E-state index is 0.0921. The van der Waals surface area contributed by atoms with Gasteiger partial charge in [0.1, 0.15) is 11.5 Å². The molecule has 122 valence electrons. The van der Waals surface area contributed by atoms with E-state index < -0.39 is 21.5 Å². The number of hydrogen-bond acceptors (Lipinski definition) is 4. The fraction of sp³-hybridized carbons (Fsp3) is 0.235. The van der Waals surface area contributed by atoms with E-state index in [-0.39, 0.29) is 4.90 Å². The number of methoxy groups -OCH3 is 1. The van der Waals surface area contributed by atoms with Gasteiger partial charge in [0, 0.05) is 5.69 Å². The van der Waals surface area contributed by atoms with Crippen molar-refractivity contribution in [2.24, 2.45) is 0 Å². The highest BCUT2D eigenvalue weighted by molar-refractivity contribution is 7.92. The van der Waals surface area contributed by atoms with Crippen molar-refractivity contribution >= 4 is 21.4 Å². The average molecular weight is 333 g/mol. The Morgan fingerprint density at radius 1 is 1.09 bits per heavy atom. The Bertz CT molecular complexity index is 811. The molecule has 5 nitrogen and oxygen atoms in total. The van der Waals surface area contributed by atoms with Gasteiger partial charge in [0.25, 0.3) is 0 Å². The number of sulfone groups is 1. The Morgan fingerprint density at radius 3 is 2.35 bits per heavy atom. The highest BCUT2D eigenvalue weighted by Crippen LogP contribution is 2.19. The highest BCUT2D eigenvalue weighted by Gasteiger charge is 2.20. The van der Waals surface area contributed by atoms with Crippen LogP contribution in [0.1, 0.15) is 11.1 Å². The topological polar surface area (TPSA) is 72.5 Å². The number of carbonyl (C=O) groups excluding carboxylic acids is 1. The third-order valence-electron chi connectivity index (χ3n) is 3.62. The van der Waals surface area contributed by atoms with Crippen molar-refractivity contribution in [3.05, 3.63) is 53.6 Å². The molecule has 0 radical (unpaired) electrons. The molecule has 0 fully saturated rings. The molecule has 0 heterocycles. The molecule has 0 aliphatic rings. The van der Waals surface area contributed by atoms with Gasteiger partial charge in [-0.3, -0.25) is 4.79 Å². The number of hydrogen-bond donors (Lipinski definition) is 1. The van der Waals surface area contributed by atoms with Crippen LogP contribution >= 0.6 is 0 Å². The first-order valence-electron chi connectivity index (χ1n) is 7.06. The second-order valence-electron chi connectivity index (χ2n) is 5.23. The van der Waals surface area contributed by atoms with Crippen LogP contribution in [-0.2, 0) is 14.6 Å². The Hall–Kier alpha value is -2.34. The predicted octanol–water partition coefficient (Wildman–Crippen LogP) is 2.72. The standard InChI is InChI=1S/C17H19NO4S/c1-12-5-4-6-16(13(12)2)18-17(19)11-23(20,21)15-9-7-14(22-3)8-10-15/h4-10H,11H2,1-3H3,(H,18,19). The molecule has 1 N–H and O–H groups in total. The molecule has 2 rings (SSSR count). The molecule has 0 spiro atoms. The van der Waals surface area contributed by atoms with Gasteiger partial charge in [-0.15, -0.1) is 0 Å². The Labute approximate surface area is 136 Å². The normalized spacial score (nSPS) is 11.1. The van der Waals surface area contributed by atoms with Crippen molar-refractivity contribution in [1.82, 2.24) is 0 Å². The van der Waals surface area contributed by atoms with Gasteiger partial charge in [-0.25, -0.2) is 8.42 Å². The third kappa shape index (κ3) is 4.10. The molecule has 1 amide bonds. The van der Waals surface area contributed by atoms with Crippen molar-refractivity contribution < 1.29 is 17.9 Å². The molecular formula is C17H19NO4S. The monoisotopic (exact) mass is 333 g/mol. The minimum Gasteiger partial charge on any atom is -0.497 e. The molecule has 0 bridgehead atoms. The third-order valence-corrected chi connectivity index (χ3v) is 5.25. The maximum absolute atomic E-state index is 12.3. The molecule has 0 saturated carbocycles. The number of benzene rings is 2. The van der Waals surface area contributed by atoms with Crippen LogP contribution in [0, 0.1) is 13.8 Å². The van der Waals surface area contributed by atoms with Crippen LogP contribution in [0.4, 0.5) is 5.69 Å². The minimum atomic E-state index is -3.70. The van der Waals surface area contributed by atoms with E-state index in [1.807, 2.05) is 26.0 Å². The first-order valence-corrected chi connectivity index (χ1v) is 8.71. The smallest absolute Gasteiger partial charge is 0.239 e. The zero-order chi connectivity index (χ0) is 17.0. The summed E-state index contributed by atoms with van der Waals surface area (Å²) >= 11 is 0. The summed E-state index contributed by atoms with van der Waals surface area (Å²) in [6, 6.07) is 11.5. The van der Waals surface area contributed by atoms with Gasteiger partial charge in [-0.2, -0.15) is 0 Å². The molecule has 0 saturated heterocycles. The Morgan fingerprint density at radius 2 is 1.74 bits per heavy atom. The predicted molar refractivity (Wildman–Crippen MR) is 89.6 cm³/mol.